The number of rotatable bonds is 5. The molecule has 1 heterocycles. The lowest BCUT2D eigenvalue weighted by Gasteiger charge is -2.37. The van der Waals surface area contributed by atoms with Crippen LogP contribution in [0.4, 0.5) is 0 Å². The minimum absolute atomic E-state index is 0.118. The molecule has 1 aliphatic rings. The van der Waals surface area contributed by atoms with Gasteiger partial charge in [-0.3, -0.25) is 9.69 Å². The lowest BCUT2D eigenvalue weighted by molar-refractivity contribution is -0.145. The Morgan fingerprint density at radius 3 is 2.70 bits per heavy atom. The van der Waals surface area contributed by atoms with Gasteiger partial charge in [0.05, 0.1) is 6.61 Å². The fraction of sp³-hybridized carbons (Fsp3) is 0.562. The van der Waals surface area contributed by atoms with Gasteiger partial charge in [0.1, 0.15) is 11.8 Å². The third-order valence-electron chi connectivity index (χ3n) is 4.00. The molecular formula is C16H23NO3. The number of likely N-dealkylation sites (tertiary alicyclic amines) is 1. The Morgan fingerprint density at radius 1 is 1.40 bits per heavy atom. The molecule has 0 radical (unpaired) electrons. The number of carboxylic acid groups (broad SMARTS) is 1. The Hall–Kier alpha value is -1.55. The number of aliphatic carboxylic acids is 1. The molecule has 2 unspecified atom stereocenters. The topological polar surface area (TPSA) is 49.8 Å². The van der Waals surface area contributed by atoms with E-state index >= 15 is 0 Å². The highest BCUT2D eigenvalue weighted by atomic mass is 16.5. The van der Waals surface area contributed by atoms with E-state index in [1.54, 1.807) is 0 Å². The maximum Gasteiger partial charge on any atom is 0.320 e. The van der Waals surface area contributed by atoms with Gasteiger partial charge in [0, 0.05) is 6.04 Å². The molecular weight excluding hydrogens is 254 g/mol. The second kappa shape index (κ2) is 6.75. The predicted octanol–water partition coefficient (Wildman–Crippen LogP) is 3.09. The van der Waals surface area contributed by atoms with Gasteiger partial charge in [-0.25, -0.2) is 0 Å². The molecule has 1 fully saturated rings. The molecule has 1 saturated heterocycles. The molecule has 0 aromatic heterocycles. The second-order valence-corrected chi connectivity index (χ2v) is 5.27. The first-order valence-corrected chi connectivity index (χ1v) is 7.34. The van der Waals surface area contributed by atoms with E-state index in [0.717, 1.165) is 37.1 Å². The fourth-order valence-electron chi connectivity index (χ4n) is 2.88. The summed E-state index contributed by atoms with van der Waals surface area (Å²) in [6, 6.07) is 7.73. The molecule has 1 N–H and O–H groups in total. The first-order chi connectivity index (χ1) is 9.63. The van der Waals surface area contributed by atoms with Crippen LogP contribution in [-0.2, 0) is 4.79 Å². The number of nitrogens with zero attached hydrogens (tertiary/aromatic N) is 1. The van der Waals surface area contributed by atoms with Crippen molar-refractivity contribution in [2.75, 3.05) is 13.2 Å². The molecule has 1 aromatic rings. The zero-order valence-corrected chi connectivity index (χ0v) is 12.2. The number of ether oxygens (including phenoxy) is 1. The number of carbonyl (C=O) groups is 1. The highest BCUT2D eigenvalue weighted by Gasteiger charge is 2.32. The fourth-order valence-corrected chi connectivity index (χ4v) is 2.88. The summed E-state index contributed by atoms with van der Waals surface area (Å²) < 4.78 is 5.44. The van der Waals surface area contributed by atoms with Crippen molar-refractivity contribution in [1.82, 2.24) is 4.90 Å². The normalized spacial score (nSPS) is 21.4. The maximum absolute atomic E-state index is 11.4. The quantitative estimate of drug-likeness (QED) is 0.898. The molecule has 0 saturated carbocycles. The first kappa shape index (κ1) is 14.9. The third kappa shape index (κ3) is 3.31. The van der Waals surface area contributed by atoms with Crippen LogP contribution in [0.2, 0.25) is 0 Å². The largest absolute Gasteiger partial charge is 0.494 e. The van der Waals surface area contributed by atoms with Gasteiger partial charge >= 0.3 is 5.97 Å². The van der Waals surface area contributed by atoms with E-state index in [-0.39, 0.29) is 12.1 Å². The van der Waals surface area contributed by atoms with E-state index in [4.69, 9.17) is 4.74 Å². The Labute approximate surface area is 120 Å². The predicted molar refractivity (Wildman–Crippen MR) is 78.0 cm³/mol. The molecule has 4 heteroatoms. The molecule has 1 aliphatic heterocycles. The van der Waals surface area contributed by atoms with E-state index in [2.05, 4.69) is 11.8 Å². The van der Waals surface area contributed by atoms with E-state index < -0.39 is 5.97 Å². The molecule has 4 nitrogen and oxygen atoms in total. The van der Waals surface area contributed by atoms with Gasteiger partial charge in [-0.15, -0.1) is 0 Å². The van der Waals surface area contributed by atoms with Crippen molar-refractivity contribution in [1.29, 1.82) is 0 Å². The summed E-state index contributed by atoms with van der Waals surface area (Å²) in [5.74, 6) is 0.152. The lowest BCUT2D eigenvalue weighted by Crippen LogP contribution is -2.45. The number of carboxylic acids is 1. The minimum Gasteiger partial charge on any atom is -0.494 e. The van der Waals surface area contributed by atoms with Crippen LogP contribution < -0.4 is 4.74 Å². The number of hydrogen-bond donors (Lipinski definition) is 1. The van der Waals surface area contributed by atoms with Crippen LogP contribution in [0.25, 0.3) is 0 Å². The van der Waals surface area contributed by atoms with Gasteiger partial charge in [-0.1, -0.05) is 18.6 Å². The number of piperidine rings is 1. The summed E-state index contributed by atoms with van der Waals surface area (Å²) in [6.45, 7) is 5.55. The van der Waals surface area contributed by atoms with Gasteiger partial charge in [-0.05, 0) is 50.9 Å². The van der Waals surface area contributed by atoms with Crippen molar-refractivity contribution in [2.45, 2.75) is 45.2 Å². The summed E-state index contributed by atoms with van der Waals surface area (Å²) in [6.07, 6.45) is 2.82. The van der Waals surface area contributed by atoms with Gasteiger partial charge in [0.2, 0.25) is 0 Å². The SMILES string of the molecule is CCOc1ccc(C(C)N2CCCCC2C(=O)O)cc1. The molecule has 20 heavy (non-hydrogen) atoms. The van der Waals surface area contributed by atoms with E-state index in [1.807, 2.05) is 31.2 Å². The van der Waals surface area contributed by atoms with Crippen LogP contribution in [-0.4, -0.2) is 35.2 Å². The zero-order valence-electron chi connectivity index (χ0n) is 12.2. The standard InChI is InChI=1S/C16H23NO3/c1-3-20-14-9-7-13(8-10-14)12(2)17-11-5-4-6-15(17)16(18)19/h7-10,12,15H,3-6,11H2,1-2H3,(H,18,19). The van der Waals surface area contributed by atoms with E-state index in [1.165, 1.54) is 0 Å². The van der Waals surface area contributed by atoms with Crippen LogP contribution in [0.3, 0.4) is 0 Å². The van der Waals surface area contributed by atoms with Crippen molar-refractivity contribution in [3.8, 4) is 5.75 Å². The van der Waals surface area contributed by atoms with Gasteiger partial charge in [0.25, 0.3) is 0 Å². The summed E-state index contributed by atoms with van der Waals surface area (Å²) >= 11 is 0. The van der Waals surface area contributed by atoms with Gasteiger partial charge in [-0.2, -0.15) is 0 Å². The Morgan fingerprint density at radius 2 is 2.10 bits per heavy atom. The Balaban J connectivity index is 2.12. The monoisotopic (exact) mass is 277 g/mol. The van der Waals surface area contributed by atoms with Gasteiger partial charge < -0.3 is 9.84 Å². The van der Waals surface area contributed by atoms with Crippen molar-refractivity contribution in [2.24, 2.45) is 0 Å². The molecule has 0 bridgehead atoms. The minimum atomic E-state index is -0.706. The van der Waals surface area contributed by atoms with Gasteiger partial charge in [0.15, 0.2) is 0 Å². The summed E-state index contributed by atoms with van der Waals surface area (Å²) in [5.41, 5.74) is 1.14. The van der Waals surface area contributed by atoms with Crippen LogP contribution in [0.15, 0.2) is 24.3 Å². The molecule has 0 aliphatic carbocycles. The van der Waals surface area contributed by atoms with Crippen LogP contribution in [0, 0.1) is 0 Å². The van der Waals surface area contributed by atoms with Crippen molar-refractivity contribution >= 4 is 5.97 Å². The van der Waals surface area contributed by atoms with Crippen LogP contribution >= 0.6 is 0 Å². The van der Waals surface area contributed by atoms with Crippen molar-refractivity contribution < 1.29 is 14.6 Å². The van der Waals surface area contributed by atoms with Crippen LogP contribution in [0.5, 0.6) is 5.75 Å². The molecule has 110 valence electrons. The molecule has 1 aromatic carbocycles. The number of hydrogen-bond acceptors (Lipinski definition) is 3. The van der Waals surface area contributed by atoms with Crippen LogP contribution in [0.1, 0.15) is 44.7 Å². The Bertz CT molecular complexity index is 444. The average molecular weight is 277 g/mol. The average Bonchev–Trinajstić information content (AvgIpc) is 2.47. The summed E-state index contributed by atoms with van der Waals surface area (Å²) in [5, 5.41) is 9.36. The van der Waals surface area contributed by atoms with Crippen molar-refractivity contribution in [3.05, 3.63) is 29.8 Å². The van der Waals surface area contributed by atoms with Crippen molar-refractivity contribution in [3.63, 3.8) is 0 Å². The smallest absolute Gasteiger partial charge is 0.320 e. The highest BCUT2D eigenvalue weighted by Crippen LogP contribution is 2.29. The van der Waals surface area contributed by atoms with E-state index in [0.29, 0.717) is 6.61 Å². The molecule has 0 spiro atoms. The first-order valence-electron chi connectivity index (χ1n) is 7.34. The summed E-state index contributed by atoms with van der Waals surface area (Å²) in [4.78, 5) is 13.5. The van der Waals surface area contributed by atoms with E-state index in [9.17, 15) is 9.90 Å². The zero-order chi connectivity index (χ0) is 14.5. The second-order valence-electron chi connectivity index (χ2n) is 5.27. The lowest BCUT2D eigenvalue weighted by atomic mass is 9.97. The maximum atomic E-state index is 11.4. The Kier molecular flexibility index (Phi) is 5.01. The molecule has 0 amide bonds. The highest BCUT2D eigenvalue weighted by molar-refractivity contribution is 5.73. The summed E-state index contributed by atoms with van der Waals surface area (Å²) in [7, 11) is 0. The third-order valence-corrected chi connectivity index (χ3v) is 4.00. The number of benzene rings is 1. The molecule has 2 rings (SSSR count). The molecule has 2 atom stereocenters.